The van der Waals surface area contributed by atoms with Crippen LogP contribution in [0.4, 0.5) is 11.8 Å². The normalized spacial score (nSPS) is 27.3. The zero-order valence-corrected chi connectivity index (χ0v) is 16.2. The summed E-state index contributed by atoms with van der Waals surface area (Å²) >= 11 is 0. The zero-order chi connectivity index (χ0) is 18.9. The summed E-state index contributed by atoms with van der Waals surface area (Å²) in [5.74, 6) is 2.29. The Balaban J connectivity index is 1.58. The fraction of sp³-hybridized carbons (Fsp3) is 0.550. The molecule has 2 fully saturated rings. The van der Waals surface area contributed by atoms with Crippen molar-refractivity contribution in [2.24, 2.45) is 0 Å². The molecular formula is C20H27N5O2. The van der Waals surface area contributed by atoms with Crippen LogP contribution in [0.25, 0.3) is 0 Å². The minimum absolute atomic E-state index is 0.125. The molecule has 2 aromatic heterocycles. The fourth-order valence-electron chi connectivity index (χ4n) is 4.44. The molecule has 144 valence electrons. The predicted octanol–water partition coefficient (Wildman–Crippen LogP) is 2.82. The first-order valence-corrected chi connectivity index (χ1v) is 9.56. The van der Waals surface area contributed by atoms with Gasteiger partial charge < -0.3 is 19.7 Å². The predicted molar refractivity (Wildman–Crippen MR) is 104 cm³/mol. The van der Waals surface area contributed by atoms with Crippen molar-refractivity contribution in [1.82, 2.24) is 15.0 Å². The molecule has 0 amide bonds. The summed E-state index contributed by atoms with van der Waals surface area (Å²) in [5, 5.41) is 3.06. The van der Waals surface area contributed by atoms with Gasteiger partial charge in [0.25, 0.3) is 0 Å². The second-order valence-electron chi connectivity index (χ2n) is 7.35. The van der Waals surface area contributed by atoms with Gasteiger partial charge in [-0.2, -0.15) is 4.98 Å². The number of rotatable bonds is 5. The number of aryl methyl sites for hydroxylation is 1. The van der Waals surface area contributed by atoms with Crippen molar-refractivity contribution >= 4 is 11.8 Å². The Morgan fingerprint density at radius 2 is 2.15 bits per heavy atom. The molecule has 3 atom stereocenters. The first-order chi connectivity index (χ1) is 13.1. The maximum atomic E-state index is 6.17. The number of nitrogens with one attached hydrogen (secondary N) is 1. The Morgan fingerprint density at radius 3 is 2.89 bits per heavy atom. The zero-order valence-electron chi connectivity index (χ0n) is 16.2. The van der Waals surface area contributed by atoms with E-state index in [-0.39, 0.29) is 17.7 Å². The van der Waals surface area contributed by atoms with E-state index in [1.54, 1.807) is 6.20 Å². The SMILES string of the molecule is CNc1nc(C)cc(N2CC[C@]3(OC)CCC(Oc4ccccn4)CC23)n1. The van der Waals surface area contributed by atoms with E-state index in [0.29, 0.717) is 11.8 Å². The topological polar surface area (TPSA) is 72.4 Å². The molecule has 1 aliphatic heterocycles. The summed E-state index contributed by atoms with van der Waals surface area (Å²) < 4.78 is 12.2. The van der Waals surface area contributed by atoms with E-state index in [2.05, 4.69) is 26.3 Å². The molecule has 27 heavy (non-hydrogen) atoms. The Morgan fingerprint density at radius 1 is 1.26 bits per heavy atom. The van der Waals surface area contributed by atoms with Gasteiger partial charge in [-0.15, -0.1) is 0 Å². The van der Waals surface area contributed by atoms with E-state index in [9.17, 15) is 0 Å². The smallest absolute Gasteiger partial charge is 0.224 e. The van der Waals surface area contributed by atoms with Crippen LogP contribution in [0.3, 0.4) is 0 Å². The lowest BCUT2D eigenvalue weighted by Gasteiger charge is -2.43. The molecule has 7 heteroatoms. The highest BCUT2D eigenvalue weighted by Gasteiger charge is 2.52. The summed E-state index contributed by atoms with van der Waals surface area (Å²) in [6.07, 6.45) is 5.73. The first kappa shape index (κ1) is 18.0. The molecule has 7 nitrogen and oxygen atoms in total. The number of aromatic nitrogens is 3. The lowest BCUT2D eigenvalue weighted by molar-refractivity contribution is -0.0607. The van der Waals surface area contributed by atoms with Crippen LogP contribution in [0.1, 0.15) is 31.4 Å². The van der Waals surface area contributed by atoms with Crippen molar-refractivity contribution in [3.8, 4) is 5.88 Å². The lowest BCUT2D eigenvalue weighted by Crippen LogP contribution is -2.52. The molecule has 1 saturated heterocycles. The average Bonchev–Trinajstić information content (AvgIpc) is 3.07. The average molecular weight is 369 g/mol. The molecule has 0 bridgehead atoms. The van der Waals surface area contributed by atoms with Crippen molar-refractivity contribution in [2.75, 3.05) is 30.9 Å². The Labute approximate surface area is 160 Å². The quantitative estimate of drug-likeness (QED) is 0.869. The van der Waals surface area contributed by atoms with Crippen LogP contribution in [-0.4, -0.2) is 53.4 Å². The number of ether oxygens (including phenoxy) is 2. The van der Waals surface area contributed by atoms with E-state index in [1.165, 1.54) is 0 Å². The largest absolute Gasteiger partial charge is 0.474 e. The standard InChI is InChI=1S/C20H27N5O2/c1-14-12-17(24-19(21-2)23-14)25-11-9-20(26-3)8-7-15(13-16(20)25)27-18-6-4-5-10-22-18/h4-6,10,12,15-16H,7-9,11,13H2,1-3H3,(H,21,23,24)/t15?,16?,20-/m1/s1. The number of anilines is 2. The van der Waals surface area contributed by atoms with E-state index in [4.69, 9.17) is 14.5 Å². The Bertz CT molecular complexity index is 787. The molecule has 2 unspecified atom stereocenters. The number of nitrogens with zero attached hydrogens (tertiary/aromatic N) is 4. The highest BCUT2D eigenvalue weighted by atomic mass is 16.5. The summed E-state index contributed by atoms with van der Waals surface area (Å²) in [6.45, 7) is 2.92. The molecule has 2 aliphatic rings. The van der Waals surface area contributed by atoms with Gasteiger partial charge in [-0.25, -0.2) is 9.97 Å². The number of pyridine rings is 1. The van der Waals surface area contributed by atoms with Gasteiger partial charge in [0, 0.05) is 51.1 Å². The maximum Gasteiger partial charge on any atom is 0.224 e. The highest BCUT2D eigenvalue weighted by Crippen LogP contribution is 2.44. The second kappa shape index (κ2) is 7.31. The Kier molecular flexibility index (Phi) is 4.86. The van der Waals surface area contributed by atoms with Gasteiger partial charge in [-0.05, 0) is 32.3 Å². The van der Waals surface area contributed by atoms with Gasteiger partial charge in [-0.1, -0.05) is 6.07 Å². The van der Waals surface area contributed by atoms with Crippen molar-refractivity contribution < 1.29 is 9.47 Å². The van der Waals surface area contributed by atoms with Gasteiger partial charge in [-0.3, -0.25) is 0 Å². The maximum absolute atomic E-state index is 6.17. The first-order valence-electron chi connectivity index (χ1n) is 9.56. The van der Waals surface area contributed by atoms with Gasteiger partial charge in [0.1, 0.15) is 11.9 Å². The van der Waals surface area contributed by atoms with Gasteiger partial charge in [0.15, 0.2) is 0 Å². The summed E-state index contributed by atoms with van der Waals surface area (Å²) in [6, 6.07) is 8.05. The molecule has 2 aromatic rings. The molecular weight excluding hydrogens is 342 g/mol. The van der Waals surface area contributed by atoms with E-state index < -0.39 is 0 Å². The van der Waals surface area contributed by atoms with Crippen LogP contribution in [0.5, 0.6) is 5.88 Å². The monoisotopic (exact) mass is 369 g/mol. The minimum atomic E-state index is -0.136. The van der Waals surface area contributed by atoms with Crippen LogP contribution in [0.15, 0.2) is 30.5 Å². The van der Waals surface area contributed by atoms with Gasteiger partial charge in [0.05, 0.1) is 11.6 Å². The summed E-state index contributed by atoms with van der Waals surface area (Å²) in [5.41, 5.74) is 0.819. The van der Waals surface area contributed by atoms with Crippen LogP contribution >= 0.6 is 0 Å². The van der Waals surface area contributed by atoms with Crippen molar-refractivity contribution in [3.63, 3.8) is 0 Å². The molecule has 0 spiro atoms. The Hall–Kier alpha value is -2.41. The third kappa shape index (κ3) is 3.43. The summed E-state index contributed by atoms with van der Waals surface area (Å²) in [7, 11) is 3.68. The van der Waals surface area contributed by atoms with Crippen molar-refractivity contribution in [3.05, 3.63) is 36.2 Å². The van der Waals surface area contributed by atoms with Crippen LogP contribution in [0, 0.1) is 6.92 Å². The van der Waals surface area contributed by atoms with E-state index in [0.717, 1.165) is 43.7 Å². The third-order valence-corrected chi connectivity index (χ3v) is 5.83. The molecule has 3 heterocycles. The number of methoxy groups -OCH3 is 1. The minimum Gasteiger partial charge on any atom is -0.474 e. The summed E-state index contributed by atoms with van der Waals surface area (Å²) in [4.78, 5) is 15.8. The lowest BCUT2D eigenvalue weighted by atomic mass is 9.79. The van der Waals surface area contributed by atoms with Gasteiger partial charge >= 0.3 is 0 Å². The molecule has 4 rings (SSSR count). The van der Waals surface area contributed by atoms with Gasteiger partial charge in [0.2, 0.25) is 11.8 Å². The van der Waals surface area contributed by atoms with E-state index in [1.807, 2.05) is 39.3 Å². The number of fused-ring (bicyclic) bond motifs is 1. The van der Waals surface area contributed by atoms with Crippen LogP contribution in [-0.2, 0) is 4.74 Å². The number of hydrogen-bond donors (Lipinski definition) is 1. The van der Waals surface area contributed by atoms with Crippen LogP contribution in [0.2, 0.25) is 0 Å². The van der Waals surface area contributed by atoms with E-state index >= 15 is 0 Å². The highest BCUT2D eigenvalue weighted by molar-refractivity contribution is 5.48. The fourth-order valence-corrected chi connectivity index (χ4v) is 4.44. The molecule has 1 aliphatic carbocycles. The van der Waals surface area contributed by atoms with Crippen LogP contribution < -0.4 is 15.0 Å². The molecule has 0 aromatic carbocycles. The molecule has 1 saturated carbocycles. The number of hydrogen-bond acceptors (Lipinski definition) is 7. The second-order valence-corrected chi connectivity index (χ2v) is 7.35. The van der Waals surface area contributed by atoms with Crippen molar-refractivity contribution in [1.29, 1.82) is 0 Å². The molecule has 0 radical (unpaired) electrons. The third-order valence-electron chi connectivity index (χ3n) is 5.83. The molecule has 1 N–H and O–H groups in total. The van der Waals surface area contributed by atoms with Crippen molar-refractivity contribution in [2.45, 2.75) is 50.4 Å².